The van der Waals surface area contributed by atoms with E-state index >= 15 is 0 Å². The van der Waals surface area contributed by atoms with Crippen molar-refractivity contribution in [2.75, 3.05) is 0 Å². The monoisotopic (exact) mass is 96.1 g/mol. The summed E-state index contributed by atoms with van der Waals surface area (Å²) in [6.07, 6.45) is 0. The van der Waals surface area contributed by atoms with E-state index in [1.165, 1.54) is 0 Å². The molecule has 4 heteroatoms. The van der Waals surface area contributed by atoms with E-state index in [9.17, 15) is 10.1 Å². The maximum absolute atomic E-state index is 9.50. The molecule has 0 aromatic heterocycles. The molecule has 37 valence electrons. The first-order chi connectivity index (χ1) is 2.64. The van der Waals surface area contributed by atoms with Crippen LogP contribution in [0, 0.1) is 10.1 Å². The quantitative estimate of drug-likeness (QED) is 0.267. The topological polar surface area (TPSA) is 43.1 Å². The predicted molar refractivity (Wildman–Crippen MR) is 27.9 cm³/mol. The maximum atomic E-state index is 9.50. The first-order valence-corrected chi connectivity index (χ1v) is 1.78. The van der Waals surface area contributed by atoms with Crippen LogP contribution in [-0.2, 0) is 0 Å². The van der Waals surface area contributed by atoms with Crippen molar-refractivity contribution < 1.29 is 4.92 Å². The van der Waals surface area contributed by atoms with E-state index < -0.39 is 6.04 Å². The average Bonchev–Trinajstić information content (AvgIpc) is 1.36. The molecule has 0 amide bonds. The first kappa shape index (κ1) is 10.1. The largest absolute Gasteiger partial charge is 0.264 e. The summed E-state index contributed by atoms with van der Waals surface area (Å²) < 4.78 is 0. The Morgan fingerprint density at radius 1 is 1.57 bits per heavy atom. The Labute approximate surface area is 54.4 Å². The van der Waals surface area contributed by atoms with Crippen LogP contribution in [0.1, 0.15) is 13.8 Å². The summed E-state index contributed by atoms with van der Waals surface area (Å²) in [6, 6.07) is -0.426. The molecule has 1 radical (unpaired) electrons. The van der Waals surface area contributed by atoms with Crippen LogP contribution in [0.15, 0.2) is 0 Å². The van der Waals surface area contributed by atoms with Crippen molar-refractivity contribution in [1.82, 2.24) is 0 Å². The van der Waals surface area contributed by atoms with Crippen LogP contribution in [0.3, 0.4) is 0 Å². The molecule has 0 aliphatic carbocycles. The molecule has 0 N–H and O–H groups in total. The number of rotatable bonds is 1. The fraction of sp³-hybridized carbons (Fsp3) is 1.00. The summed E-state index contributed by atoms with van der Waals surface area (Å²) in [5.41, 5.74) is 0. The average molecular weight is 96.0 g/mol. The zero-order valence-corrected chi connectivity index (χ0v) is 4.84. The number of hydrogen-bond acceptors (Lipinski definition) is 2. The minimum absolute atomic E-state index is 0. The molecule has 0 atom stereocenters. The van der Waals surface area contributed by atoms with Gasteiger partial charge in [0.2, 0.25) is 6.04 Å². The molecule has 0 bridgehead atoms. The van der Waals surface area contributed by atoms with Crippen LogP contribution in [0.2, 0.25) is 0 Å². The Morgan fingerprint density at radius 2 is 1.71 bits per heavy atom. The summed E-state index contributed by atoms with van der Waals surface area (Å²) >= 11 is 0. The standard InChI is InChI=1S/C3H7NO2.Li/c1-3(2)4(5)6;/h3H,1-2H3;. The Balaban J connectivity index is 0. The van der Waals surface area contributed by atoms with Crippen LogP contribution < -0.4 is 0 Å². The van der Waals surface area contributed by atoms with Crippen molar-refractivity contribution in [2.45, 2.75) is 19.9 Å². The van der Waals surface area contributed by atoms with E-state index in [-0.39, 0.29) is 23.8 Å². The molecule has 0 unspecified atom stereocenters. The van der Waals surface area contributed by atoms with Crippen LogP contribution in [0.5, 0.6) is 0 Å². The van der Waals surface area contributed by atoms with Crippen LogP contribution in [0.4, 0.5) is 0 Å². The molecule has 0 fully saturated rings. The Bertz CT molecular complexity index is 64.0. The van der Waals surface area contributed by atoms with Gasteiger partial charge < -0.3 is 0 Å². The summed E-state index contributed by atoms with van der Waals surface area (Å²) in [5.74, 6) is 0. The smallest absolute Gasteiger partial charge is 0.207 e. The van der Waals surface area contributed by atoms with Gasteiger partial charge in [0, 0.05) is 37.6 Å². The second kappa shape index (κ2) is 4.16. The molecule has 0 saturated heterocycles. The normalized spacial score (nSPS) is 7.86. The molecule has 7 heavy (non-hydrogen) atoms. The Kier molecular flexibility index (Phi) is 6.00. The van der Waals surface area contributed by atoms with Gasteiger partial charge in [0.05, 0.1) is 0 Å². The molecular weight excluding hydrogens is 89.0 g/mol. The molecule has 0 saturated carbocycles. The van der Waals surface area contributed by atoms with Gasteiger partial charge in [0.25, 0.3) is 0 Å². The van der Waals surface area contributed by atoms with Gasteiger partial charge >= 0.3 is 0 Å². The number of hydrogen-bond donors (Lipinski definition) is 0. The SMILES string of the molecule is CC(C)[N+](=O)[O-].[Li]. The van der Waals surface area contributed by atoms with E-state index in [1.54, 1.807) is 13.8 Å². The second-order valence-corrected chi connectivity index (χ2v) is 1.38. The van der Waals surface area contributed by atoms with Gasteiger partial charge in [-0.15, -0.1) is 0 Å². The molecule has 0 rings (SSSR count). The zero-order valence-electron chi connectivity index (χ0n) is 4.84. The molecule has 0 aliphatic heterocycles. The van der Waals surface area contributed by atoms with Crippen molar-refractivity contribution in [3.63, 3.8) is 0 Å². The minimum Gasteiger partial charge on any atom is -0.264 e. The van der Waals surface area contributed by atoms with Gasteiger partial charge in [-0.25, -0.2) is 0 Å². The molecule has 0 aromatic rings. The first-order valence-electron chi connectivity index (χ1n) is 1.78. The van der Waals surface area contributed by atoms with Crippen molar-refractivity contribution in [2.24, 2.45) is 0 Å². The van der Waals surface area contributed by atoms with Gasteiger partial charge in [-0.1, -0.05) is 0 Å². The third kappa shape index (κ3) is 6.00. The van der Waals surface area contributed by atoms with Gasteiger partial charge in [0.15, 0.2) is 0 Å². The minimum atomic E-state index is -0.426. The molecule has 0 aromatic carbocycles. The van der Waals surface area contributed by atoms with Crippen molar-refractivity contribution in [1.29, 1.82) is 0 Å². The summed E-state index contributed by atoms with van der Waals surface area (Å²) in [6.45, 7) is 3.08. The van der Waals surface area contributed by atoms with Gasteiger partial charge in [-0.05, 0) is 0 Å². The third-order valence-corrected chi connectivity index (χ3v) is 0.422. The molecule has 0 heterocycles. The van der Waals surface area contributed by atoms with Crippen molar-refractivity contribution in [3.05, 3.63) is 10.1 Å². The molecule has 0 spiro atoms. The third-order valence-electron chi connectivity index (χ3n) is 0.422. The van der Waals surface area contributed by atoms with Crippen LogP contribution in [0.25, 0.3) is 0 Å². The van der Waals surface area contributed by atoms with E-state index in [4.69, 9.17) is 0 Å². The van der Waals surface area contributed by atoms with Crippen molar-refractivity contribution >= 4 is 18.9 Å². The Morgan fingerprint density at radius 3 is 1.71 bits per heavy atom. The Hall–Kier alpha value is -0.00260. The molecule has 3 nitrogen and oxygen atoms in total. The molecule has 0 aliphatic rings. The summed E-state index contributed by atoms with van der Waals surface area (Å²) in [7, 11) is 0. The number of nitrogens with zero attached hydrogens (tertiary/aromatic N) is 1. The van der Waals surface area contributed by atoms with Crippen LogP contribution in [-0.4, -0.2) is 29.8 Å². The number of nitro groups is 1. The fourth-order valence-electron chi connectivity index (χ4n) is 0. The predicted octanol–water partition coefficient (Wildman–Crippen LogP) is 0.291. The van der Waals surface area contributed by atoms with Crippen LogP contribution >= 0.6 is 0 Å². The van der Waals surface area contributed by atoms with Gasteiger partial charge in [0.1, 0.15) is 0 Å². The van der Waals surface area contributed by atoms with E-state index in [2.05, 4.69) is 0 Å². The van der Waals surface area contributed by atoms with E-state index in [0.717, 1.165) is 0 Å². The molecular formula is C3H7LiNO2. The van der Waals surface area contributed by atoms with Crippen molar-refractivity contribution in [3.8, 4) is 0 Å². The summed E-state index contributed by atoms with van der Waals surface area (Å²) in [4.78, 5) is 9.17. The van der Waals surface area contributed by atoms with E-state index in [0.29, 0.717) is 0 Å². The maximum Gasteiger partial charge on any atom is 0.207 e. The summed E-state index contributed by atoms with van der Waals surface area (Å²) in [5, 5.41) is 9.50. The van der Waals surface area contributed by atoms with Gasteiger partial charge in [-0.3, -0.25) is 10.1 Å². The fourth-order valence-corrected chi connectivity index (χ4v) is 0. The van der Waals surface area contributed by atoms with E-state index in [1.807, 2.05) is 0 Å². The second-order valence-electron chi connectivity index (χ2n) is 1.38. The van der Waals surface area contributed by atoms with Gasteiger partial charge in [-0.2, -0.15) is 0 Å². The zero-order chi connectivity index (χ0) is 5.15.